The van der Waals surface area contributed by atoms with Crippen molar-refractivity contribution in [3.8, 4) is 5.75 Å². The first-order valence-electron chi connectivity index (χ1n) is 6.30. The molecule has 0 N–H and O–H groups in total. The summed E-state index contributed by atoms with van der Waals surface area (Å²) in [7, 11) is 1.18. The first-order valence-corrected chi connectivity index (χ1v) is 6.30. The Kier molecular flexibility index (Phi) is 6.55. The van der Waals surface area contributed by atoms with Crippen LogP contribution >= 0.6 is 0 Å². The normalized spacial score (nSPS) is 10.3. The molecule has 0 atom stereocenters. The molecule has 0 amide bonds. The third-order valence-electron chi connectivity index (χ3n) is 2.45. The van der Waals surface area contributed by atoms with E-state index in [0.29, 0.717) is 5.56 Å². The van der Waals surface area contributed by atoms with Crippen LogP contribution in [0.25, 0.3) is 6.08 Å². The Hall–Kier alpha value is -2.90. The summed E-state index contributed by atoms with van der Waals surface area (Å²) in [6.45, 7) is 1.48. The van der Waals surface area contributed by atoms with Gasteiger partial charge < -0.3 is 14.2 Å². The van der Waals surface area contributed by atoms with E-state index in [0.717, 1.165) is 6.08 Å². The Morgan fingerprint density at radius 2 is 2.09 bits per heavy atom. The van der Waals surface area contributed by atoms with Crippen LogP contribution in [0.4, 0.5) is 5.69 Å². The first kappa shape index (κ1) is 17.2. The van der Waals surface area contributed by atoms with Gasteiger partial charge in [-0.05, 0) is 24.6 Å². The van der Waals surface area contributed by atoms with Crippen LogP contribution in [0.5, 0.6) is 5.75 Å². The van der Waals surface area contributed by atoms with Gasteiger partial charge in [0.25, 0.3) is 0 Å². The van der Waals surface area contributed by atoms with Crippen LogP contribution in [0.2, 0.25) is 0 Å². The SMILES string of the molecule is CCOC(=O)C=Cc1ccc(OCC(=O)OC)c([N+](=O)[O-])c1. The summed E-state index contributed by atoms with van der Waals surface area (Å²) in [5, 5.41) is 11.0. The van der Waals surface area contributed by atoms with Crippen LogP contribution in [0.3, 0.4) is 0 Å². The van der Waals surface area contributed by atoms with E-state index in [2.05, 4.69) is 4.74 Å². The lowest BCUT2D eigenvalue weighted by atomic mass is 10.1. The van der Waals surface area contributed by atoms with E-state index in [1.807, 2.05) is 0 Å². The maximum atomic E-state index is 11.2. The number of nitrogens with zero attached hydrogens (tertiary/aromatic N) is 1. The second kappa shape index (κ2) is 8.40. The number of benzene rings is 1. The number of hydrogen-bond acceptors (Lipinski definition) is 7. The molecule has 0 unspecified atom stereocenters. The van der Waals surface area contributed by atoms with Crippen LogP contribution in [0, 0.1) is 10.1 Å². The van der Waals surface area contributed by atoms with Gasteiger partial charge in [0.2, 0.25) is 0 Å². The van der Waals surface area contributed by atoms with Crippen molar-refractivity contribution in [2.24, 2.45) is 0 Å². The molecule has 0 spiro atoms. The molecule has 1 aromatic carbocycles. The zero-order chi connectivity index (χ0) is 16.5. The molecule has 8 nitrogen and oxygen atoms in total. The fourth-order valence-corrected chi connectivity index (χ4v) is 1.45. The lowest BCUT2D eigenvalue weighted by Crippen LogP contribution is -2.13. The van der Waals surface area contributed by atoms with Gasteiger partial charge in [-0.15, -0.1) is 0 Å². The number of carbonyl (C=O) groups is 2. The van der Waals surface area contributed by atoms with Crippen molar-refractivity contribution in [1.29, 1.82) is 0 Å². The number of rotatable bonds is 7. The summed E-state index contributed by atoms with van der Waals surface area (Å²) in [4.78, 5) is 32.6. The van der Waals surface area contributed by atoms with Gasteiger partial charge in [0.1, 0.15) is 0 Å². The van der Waals surface area contributed by atoms with E-state index >= 15 is 0 Å². The van der Waals surface area contributed by atoms with Crippen LogP contribution in [-0.4, -0.2) is 37.2 Å². The Morgan fingerprint density at radius 3 is 2.68 bits per heavy atom. The van der Waals surface area contributed by atoms with E-state index < -0.39 is 23.5 Å². The molecule has 22 heavy (non-hydrogen) atoms. The number of hydrogen-bond donors (Lipinski definition) is 0. The molecule has 0 fully saturated rings. The molecule has 8 heteroatoms. The lowest BCUT2D eigenvalue weighted by Gasteiger charge is -2.06. The highest BCUT2D eigenvalue weighted by Crippen LogP contribution is 2.28. The van der Waals surface area contributed by atoms with Gasteiger partial charge in [-0.3, -0.25) is 10.1 Å². The number of ether oxygens (including phenoxy) is 3. The predicted octanol–water partition coefficient (Wildman–Crippen LogP) is 1.72. The molecule has 0 aliphatic carbocycles. The third-order valence-corrected chi connectivity index (χ3v) is 2.45. The zero-order valence-corrected chi connectivity index (χ0v) is 12.1. The van der Waals surface area contributed by atoms with Gasteiger partial charge in [-0.25, -0.2) is 9.59 Å². The molecular formula is C14H15NO7. The number of esters is 2. The summed E-state index contributed by atoms with van der Waals surface area (Å²) < 4.78 is 14.1. The number of carbonyl (C=O) groups excluding carboxylic acids is 2. The second-order valence-corrected chi connectivity index (χ2v) is 3.93. The van der Waals surface area contributed by atoms with Crippen molar-refractivity contribution in [2.45, 2.75) is 6.92 Å². The van der Waals surface area contributed by atoms with Gasteiger partial charge in [0, 0.05) is 12.1 Å². The minimum absolute atomic E-state index is 0.0660. The minimum Gasteiger partial charge on any atom is -0.475 e. The van der Waals surface area contributed by atoms with Crippen molar-refractivity contribution in [3.05, 3.63) is 40.0 Å². The van der Waals surface area contributed by atoms with E-state index in [1.54, 1.807) is 6.92 Å². The Bertz CT molecular complexity index is 595. The third kappa shape index (κ3) is 5.23. The maximum Gasteiger partial charge on any atom is 0.343 e. The first-order chi connectivity index (χ1) is 10.5. The molecule has 0 aliphatic heterocycles. The predicted molar refractivity (Wildman–Crippen MR) is 76.3 cm³/mol. The molecular weight excluding hydrogens is 294 g/mol. The van der Waals surface area contributed by atoms with Crippen molar-refractivity contribution >= 4 is 23.7 Å². The highest BCUT2D eigenvalue weighted by Gasteiger charge is 2.16. The van der Waals surface area contributed by atoms with E-state index in [-0.39, 0.29) is 18.0 Å². The summed E-state index contributed by atoms with van der Waals surface area (Å²) in [6, 6.07) is 4.07. The van der Waals surface area contributed by atoms with Gasteiger partial charge in [-0.2, -0.15) is 0 Å². The van der Waals surface area contributed by atoms with Crippen LogP contribution in [-0.2, 0) is 19.1 Å². The standard InChI is InChI=1S/C14H15NO7/c1-3-21-13(16)7-5-10-4-6-12(11(8-10)15(18)19)22-9-14(17)20-2/h4-8H,3,9H2,1-2H3. The largest absolute Gasteiger partial charge is 0.475 e. The molecule has 0 saturated heterocycles. The van der Waals surface area contributed by atoms with Crippen LogP contribution in [0.15, 0.2) is 24.3 Å². The molecule has 0 heterocycles. The Balaban J connectivity index is 2.92. The summed E-state index contributed by atoms with van der Waals surface area (Å²) in [5.41, 5.74) is 0.0973. The van der Waals surface area contributed by atoms with Gasteiger partial charge in [0.05, 0.1) is 18.6 Å². The highest BCUT2D eigenvalue weighted by atomic mass is 16.6. The summed E-state index contributed by atoms with van der Waals surface area (Å²) >= 11 is 0. The van der Waals surface area contributed by atoms with E-state index in [4.69, 9.17) is 9.47 Å². The fourth-order valence-electron chi connectivity index (χ4n) is 1.45. The van der Waals surface area contributed by atoms with Crippen LogP contribution in [0.1, 0.15) is 12.5 Å². The average Bonchev–Trinajstić information content (AvgIpc) is 2.51. The van der Waals surface area contributed by atoms with Gasteiger partial charge >= 0.3 is 17.6 Å². The van der Waals surface area contributed by atoms with Crippen molar-refractivity contribution in [2.75, 3.05) is 20.3 Å². The van der Waals surface area contributed by atoms with Gasteiger partial charge in [0.15, 0.2) is 12.4 Å². The lowest BCUT2D eigenvalue weighted by molar-refractivity contribution is -0.385. The monoisotopic (exact) mass is 309 g/mol. The average molecular weight is 309 g/mol. The number of nitro benzene ring substituents is 1. The van der Waals surface area contributed by atoms with E-state index in [9.17, 15) is 19.7 Å². The van der Waals surface area contributed by atoms with E-state index in [1.165, 1.54) is 31.4 Å². The highest BCUT2D eigenvalue weighted by molar-refractivity contribution is 5.87. The second-order valence-electron chi connectivity index (χ2n) is 3.93. The molecule has 0 saturated carbocycles. The Morgan fingerprint density at radius 1 is 1.36 bits per heavy atom. The van der Waals surface area contributed by atoms with Crippen molar-refractivity contribution < 1.29 is 28.7 Å². The quantitative estimate of drug-likeness (QED) is 0.327. The number of nitro groups is 1. The maximum absolute atomic E-state index is 11.2. The molecule has 0 bridgehead atoms. The van der Waals surface area contributed by atoms with Crippen LogP contribution < -0.4 is 4.74 Å². The molecule has 0 aliphatic rings. The Labute approximate surface area is 126 Å². The van der Waals surface area contributed by atoms with Crippen molar-refractivity contribution in [1.82, 2.24) is 0 Å². The summed E-state index contributed by atoms with van der Waals surface area (Å²) in [6.07, 6.45) is 2.55. The molecule has 0 radical (unpaired) electrons. The topological polar surface area (TPSA) is 105 Å². The summed E-state index contributed by atoms with van der Waals surface area (Å²) in [5.74, 6) is -1.26. The smallest absolute Gasteiger partial charge is 0.343 e. The fraction of sp³-hybridized carbons (Fsp3) is 0.286. The zero-order valence-electron chi connectivity index (χ0n) is 12.1. The van der Waals surface area contributed by atoms with Crippen molar-refractivity contribution in [3.63, 3.8) is 0 Å². The van der Waals surface area contributed by atoms with Gasteiger partial charge in [-0.1, -0.05) is 6.07 Å². The minimum atomic E-state index is -0.652. The molecule has 0 aromatic heterocycles. The molecule has 118 valence electrons. The molecule has 1 rings (SSSR count). The molecule has 1 aromatic rings. The number of methoxy groups -OCH3 is 1.